The average Bonchev–Trinajstić information content (AvgIpc) is 2.90. The summed E-state index contributed by atoms with van der Waals surface area (Å²) in [5.41, 5.74) is 1.55. The Kier molecular flexibility index (Phi) is 7.53. The molecule has 12 heteroatoms. The maximum atomic E-state index is 13.2. The highest BCUT2D eigenvalue weighted by atomic mass is 32.2. The summed E-state index contributed by atoms with van der Waals surface area (Å²) in [7, 11) is -2.89. The minimum absolute atomic E-state index is 0.206. The first kappa shape index (κ1) is 26.5. The lowest BCUT2D eigenvalue weighted by atomic mass is 10.1. The molecule has 1 heterocycles. The first-order chi connectivity index (χ1) is 18.1. The topological polar surface area (TPSA) is 158 Å². The predicted molar refractivity (Wildman–Crippen MR) is 139 cm³/mol. The zero-order valence-electron chi connectivity index (χ0n) is 20.5. The van der Waals surface area contributed by atoms with Gasteiger partial charge in [-0.3, -0.25) is 14.4 Å². The molecule has 0 saturated heterocycles. The fourth-order valence-corrected chi connectivity index (χ4v) is 5.31. The summed E-state index contributed by atoms with van der Waals surface area (Å²) < 4.78 is 32.4. The molecule has 0 aliphatic rings. The number of anilines is 1. The molecule has 38 heavy (non-hydrogen) atoms. The van der Waals surface area contributed by atoms with E-state index in [0.29, 0.717) is 22.5 Å². The number of hydrogen-bond donors (Lipinski definition) is 2. The molecular formula is C26H24N4O7S. The van der Waals surface area contributed by atoms with Crippen molar-refractivity contribution in [2.24, 2.45) is 0 Å². The smallest absolute Gasteiger partial charge is 0.322 e. The lowest BCUT2D eigenvalue weighted by Crippen LogP contribution is -2.34. The third-order valence-electron chi connectivity index (χ3n) is 5.94. The Morgan fingerprint density at radius 3 is 2.37 bits per heavy atom. The molecule has 0 bridgehead atoms. The average molecular weight is 537 g/mol. The first-order valence-electron chi connectivity index (χ1n) is 11.5. The first-order valence-corrected chi connectivity index (χ1v) is 13.0. The number of fused-ring (bicyclic) bond motifs is 1. The number of carbonyl (C=O) groups is 2. The maximum absolute atomic E-state index is 13.2. The number of aryl methyl sites for hydroxylation is 2. The summed E-state index contributed by atoms with van der Waals surface area (Å²) >= 11 is 0. The molecule has 0 aliphatic carbocycles. The Hall–Kier alpha value is -4.58. The van der Waals surface area contributed by atoms with Crippen LogP contribution in [0.1, 0.15) is 22.3 Å². The van der Waals surface area contributed by atoms with E-state index in [2.05, 4.69) is 15.6 Å². The molecule has 3 aromatic carbocycles. The van der Waals surface area contributed by atoms with Gasteiger partial charge in [0.05, 0.1) is 17.4 Å². The van der Waals surface area contributed by atoms with Crippen LogP contribution in [-0.4, -0.2) is 52.8 Å². The van der Waals surface area contributed by atoms with Crippen molar-refractivity contribution in [2.75, 3.05) is 12.4 Å². The number of hydrogen-bond acceptors (Lipinski definition) is 8. The molecule has 196 valence electrons. The lowest BCUT2D eigenvalue weighted by Gasteiger charge is -2.15. The van der Waals surface area contributed by atoms with E-state index in [9.17, 15) is 27.9 Å². The van der Waals surface area contributed by atoms with Crippen LogP contribution in [0.3, 0.4) is 0 Å². The summed E-state index contributed by atoms with van der Waals surface area (Å²) in [5, 5.41) is 18.5. The second kappa shape index (κ2) is 10.8. The van der Waals surface area contributed by atoms with Gasteiger partial charge < -0.3 is 15.2 Å². The molecule has 1 amide bonds. The molecule has 1 aromatic heterocycles. The van der Waals surface area contributed by atoms with Crippen LogP contribution in [0.25, 0.3) is 10.9 Å². The van der Waals surface area contributed by atoms with Gasteiger partial charge in [-0.2, -0.15) is 0 Å². The third kappa shape index (κ3) is 5.54. The van der Waals surface area contributed by atoms with Gasteiger partial charge in [-0.15, -0.1) is 5.10 Å². The number of rotatable bonds is 9. The van der Waals surface area contributed by atoms with Crippen molar-refractivity contribution in [3.63, 3.8) is 0 Å². The Balaban J connectivity index is 1.51. The summed E-state index contributed by atoms with van der Waals surface area (Å²) in [6, 6.07) is 16.8. The number of amides is 1. The van der Waals surface area contributed by atoms with Gasteiger partial charge in [0, 0.05) is 17.8 Å². The number of carboxylic acids is 1. The quantitative estimate of drug-likeness (QED) is 0.328. The van der Waals surface area contributed by atoms with Crippen LogP contribution in [0.15, 0.2) is 76.4 Å². The van der Waals surface area contributed by atoms with Crippen molar-refractivity contribution in [2.45, 2.75) is 30.0 Å². The normalized spacial score (nSPS) is 12.2. The van der Waals surface area contributed by atoms with Crippen molar-refractivity contribution in [1.29, 1.82) is 0 Å². The van der Waals surface area contributed by atoms with E-state index in [-0.39, 0.29) is 22.7 Å². The van der Waals surface area contributed by atoms with E-state index in [1.54, 1.807) is 36.4 Å². The molecule has 0 saturated carbocycles. The van der Waals surface area contributed by atoms with Gasteiger partial charge in [-0.25, -0.2) is 13.1 Å². The minimum Gasteiger partial charge on any atom is -0.497 e. The van der Waals surface area contributed by atoms with Gasteiger partial charge in [0.2, 0.25) is 0 Å². The fraction of sp³-hybridized carbons (Fsp3) is 0.192. The number of nitrogens with zero attached hydrogens (tertiary/aromatic N) is 3. The van der Waals surface area contributed by atoms with Gasteiger partial charge in [0.1, 0.15) is 11.3 Å². The molecule has 4 aromatic rings. The summed E-state index contributed by atoms with van der Waals surface area (Å²) in [6.45, 7) is 1.61. The largest absolute Gasteiger partial charge is 0.497 e. The van der Waals surface area contributed by atoms with Crippen molar-refractivity contribution < 1.29 is 27.9 Å². The Labute approximate surface area is 217 Å². The molecule has 0 spiro atoms. The monoisotopic (exact) mass is 536 g/mol. The number of carbonyl (C=O) groups excluding carboxylic acids is 1. The Morgan fingerprint density at radius 2 is 1.74 bits per heavy atom. The SMILES string of the molecule is COc1ccc2nnn(CCC(C(=O)O)S(=O)(=O)c3ccc(NC(=O)c4ccc(C)cc4)cc3)c(=O)c2c1. The van der Waals surface area contributed by atoms with E-state index in [0.717, 1.165) is 10.2 Å². The zero-order valence-corrected chi connectivity index (χ0v) is 21.3. The summed E-state index contributed by atoms with van der Waals surface area (Å²) in [5.74, 6) is -1.51. The second-order valence-corrected chi connectivity index (χ2v) is 10.6. The van der Waals surface area contributed by atoms with Gasteiger partial charge in [0.15, 0.2) is 15.1 Å². The van der Waals surface area contributed by atoms with Crippen LogP contribution in [0.4, 0.5) is 5.69 Å². The molecule has 11 nitrogen and oxygen atoms in total. The van der Waals surface area contributed by atoms with E-state index < -0.39 is 33.0 Å². The number of aromatic nitrogens is 3. The van der Waals surface area contributed by atoms with Crippen LogP contribution in [0.2, 0.25) is 0 Å². The second-order valence-electron chi connectivity index (χ2n) is 8.51. The molecular weight excluding hydrogens is 512 g/mol. The van der Waals surface area contributed by atoms with Crippen LogP contribution in [-0.2, 0) is 21.2 Å². The maximum Gasteiger partial charge on any atom is 0.322 e. The standard InChI is InChI=1S/C26H24N4O7S/c1-16-3-5-17(6-4-16)24(31)27-18-7-10-20(11-8-18)38(35,36)23(26(33)34)13-14-30-25(32)21-15-19(37-2)9-12-22(21)28-29-30/h3-12,15,23H,13-14H2,1-2H3,(H,27,31)(H,33,34). The number of methoxy groups -OCH3 is 1. The molecule has 0 fully saturated rings. The van der Waals surface area contributed by atoms with E-state index in [1.807, 2.05) is 6.92 Å². The minimum atomic E-state index is -4.33. The molecule has 0 radical (unpaired) electrons. The van der Waals surface area contributed by atoms with E-state index >= 15 is 0 Å². The number of sulfone groups is 1. The number of nitrogens with one attached hydrogen (secondary N) is 1. The number of benzene rings is 3. The van der Waals surface area contributed by atoms with Crippen molar-refractivity contribution in [3.05, 3.63) is 88.2 Å². The highest BCUT2D eigenvalue weighted by molar-refractivity contribution is 7.92. The summed E-state index contributed by atoms with van der Waals surface area (Å²) in [4.78, 5) is 36.9. The highest BCUT2D eigenvalue weighted by Crippen LogP contribution is 2.22. The lowest BCUT2D eigenvalue weighted by molar-refractivity contribution is -0.136. The molecule has 1 atom stereocenters. The number of ether oxygens (including phenoxy) is 1. The molecule has 2 N–H and O–H groups in total. The van der Waals surface area contributed by atoms with Crippen molar-refractivity contribution in [1.82, 2.24) is 15.0 Å². The zero-order chi connectivity index (χ0) is 27.4. The number of carboxylic acid groups (broad SMARTS) is 1. The van der Waals surface area contributed by atoms with Crippen molar-refractivity contribution >= 4 is 38.3 Å². The molecule has 0 aliphatic heterocycles. The Morgan fingerprint density at radius 1 is 1.05 bits per heavy atom. The fourth-order valence-electron chi connectivity index (χ4n) is 3.78. The van der Waals surface area contributed by atoms with E-state index in [4.69, 9.17) is 4.74 Å². The molecule has 1 unspecified atom stereocenters. The van der Waals surface area contributed by atoms with Gasteiger partial charge in [0.25, 0.3) is 11.5 Å². The van der Waals surface area contributed by atoms with Gasteiger partial charge in [-0.1, -0.05) is 22.9 Å². The predicted octanol–water partition coefficient (Wildman–Crippen LogP) is 2.68. The van der Waals surface area contributed by atoms with Crippen LogP contribution in [0.5, 0.6) is 5.75 Å². The van der Waals surface area contributed by atoms with Crippen LogP contribution < -0.4 is 15.6 Å². The van der Waals surface area contributed by atoms with Gasteiger partial charge >= 0.3 is 5.97 Å². The van der Waals surface area contributed by atoms with Crippen LogP contribution >= 0.6 is 0 Å². The summed E-state index contributed by atoms with van der Waals surface area (Å²) in [6.07, 6.45) is -0.423. The van der Waals surface area contributed by atoms with Gasteiger partial charge in [-0.05, 0) is 67.9 Å². The Bertz CT molecular complexity index is 1670. The van der Waals surface area contributed by atoms with E-state index in [1.165, 1.54) is 37.4 Å². The highest BCUT2D eigenvalue weighted by Gasteiger charge is 2.34. The number of aliphatic carboxylic acids is 1. The third-order valence-corrected chi connectivity index (χ3v) is 8.05. The van der Waals surface area contributed by atoms with Crippen LogP contribution in [0, 0.1) is 6.92 Å². The van der Waals surface area contributed by atoms with Crippen molar-refractivity contribution in [3.8, 4) is 5.75 Å². The molecule has 4 rings (SSSR count).